The summed E-state index contributed by atoms with van der Waals surface area (Å²) >= 11 is 0. The zero-order chi connectivity index (χ0) is 21.9. The molecule has 8 heteroatoms. The number of amides is 1. The first-order valence-corrected chi connectivity index (χ1v) is 10.6. The van der Waals surface area contributed by atoms with Crippen molar-refractivity contribution in [3.05, 3.63) is 54.2 Å². The molecule has 1 unspecified atom stereocenters. The van der Waals surface area contributed by atoms with E-state index in [2.05, 4.69) is 20.2 Å². The van der Waals surface area contributed by atoms with Gasteiger partial charge in [0, 0.05) is 45.4 Å². The average molecular weight is 426 g/mol. The van der Waals surface area contributed by atoms with Crippen molar-refractivity contribution in [1.82, 2.24) is 15.2 Å². The summed E-state index contributed by atoms with van der Waals surface area (Å²) in [7, 11) is 1.77. The van der Waals surface area contributed by atoms with Gasteiger partial charge >= 0.3 is 0 Å². The van der Waals surface area contributed by atoms with E-state index in [1.54, 1.807) is 13.2 Å². The normalized spacial score (nSPS) is 16.6. The number of nitrogens with two attached hydrogens (primary N) is 1. The van der Waals surface area contributed by atoms with Crippen LogP contribution >= 0.6 is 0 Å². The molecule has 1 aromatic carbocycles. The summed E-state index contributed by atoms with van der Waals surface area (Å²) in [6.45, 7) is 3.20. The molecular weight excluding hydrogens is 394 g/mol. The molecule has 1 aliphatic rings. The van der Waals surface area contributed by atoms with Crippen LogP contribution in [0.4, 0.5) is 0 Å². The van der Waals surface area contributed by atoms with Gasteiger partial charge in [0.15, 0.2) is 5.96 Å². The lowest BCUT2D eigenvalue weighted by atomic mass is 9.95. The van der Waals surface area contributed by atoms with Crippen LogP contribution in [0.3, 0.4) is 0 Å². The molecule has 2 heterocycles. The Balaban J connectivity index is 1.41. The number of carbonyl (C=O) groups excluding carboxylic acids is 1. The van der Waals surface area contributed by atoms with Crippen molar-refractivity contribution >= 4 is 11.9 Å². The number of primary amides is 1. The SMILES string of the molecule is CN=C(NCc1ccc(OCCOc2ccccc2)nc1)N1CCCC(CC(N)=O)C1. The summed E-state index contributed by atoms with van der Waals surface area (Å²) in [5, 5.41) is 3.38. The number of rotatable bonds is 9. The number of para-hydroxylation sites is 1. The fourth-order valence-corrected chi connectivity index (χ4v) is 3.65. The van der Waals surface area contributed by atoms with E-state index in [0.29, 0.717) is 32.1 Å². The van der Waals surface area contributed by atoms with Crippen molar-refractivity contribution in [2.24, 2.45) is 16.6 Å². The highest BCUT2D eigenvalue weighted by Gasteiger charge is 2.23. The molecule has 1 saturated heterocycles. The van der Waals surface area contributed by atoms with Gasteiger partial charge in [0.2, 0.25) is 11.8 Å². The second-order valence-electron chi connectivity index (χ2n) is 7.54. The largest absolute Gasteiger partial charge is 0.490 e. The van der Waals surface area contributed by atoms with Gasteiger partial charge in [-0.3, -0.25) is 9.79 Å². The Labute approximate surface area is 183 Å². The number of nitrogens with one attached hydrogen (secondary N) is 1. The third-order valence-electron chi connectivity index (χ3n) is 5.11. The molecule has 0 radical (unpaired) electrons. The fourth-order valence-electron chi connectivity index (χ4n) is 3.65. The fraction of sp³-hybridized carbons (Fsp3) is 0.435. The number of ether oxygens (including phenoxy) is 2. The number of nitrogens with zero attached hydrogens (tertiary/aromatic N) is 3. The maximum atomic E-state index is 11.2. The van der Waals surface area contributed by atoms with E-state index in [0.717, 1.165) is 43.2 Å². The number of pyridine rings is 1. The second-order valence-corrected chi connectivity index (χ2v) is 7.54. The molecule has 1 fully saturated rings. The summed E-state index contributed by atoms with van der Waals surface area (Å²) < 4.78 is 11.3. The lowest BCUT2D eigenvalue weighted by molar-refractivity contribution is -0.119. The highest BCUT2D eigenvalue weighted by atomic mass is 16.5. The van der Waals surface area contributed by atoms with Crippen LogP contribution in [0.25, 0.3) is 0 Å². The zero-order valence-electron chi connectivity index (χ0n) is 18.0. The summed E-state index contributed by atoms with van der Waals surface area (Å²) in [4.78, 5) is 22.2. The van der Waals surface area contributed by atoms with E-state index in [1.165, 1.54) is 0 Å². The molecule has 1 atom stereocenters. The predicted molar refractivity (Wildman–Crippen MR) is 120 cm³/mol. The first-order valence-electron chi connectivity index (χ1n) is 10.6. The first kappa shape index (κ1) is 22.4. The zero-order valence-corrected chi connectivity index (χ0v) is 18.0. The number of carbonyl (C=O) groups is 1. The Morgan fingerprint density at radius 1 is 1.23 bits per heavy atom. The van der Waals surface area contributed by atoms with E-state index in [1.807, 2.05) is 42.5 Å². The van der Waals surface area contributed by atoms with E-state index < -0.39 is 0 Å². The minimum Gasteiger partial charge on any atom is -0.490 e. The van der Waals surface area contributed by atoms with Gasteiger partial charge in [0.25, 0.3) is 0 Å². The van der Waals surface area contributed by atoms with Crippen LogP contribution in [0.5, 0.6) is 11.6 Å². The summed E-state index contributed by atoms with van der Waals surface area (Å²) in [6, 6.07) is 13.5. The van der Waals surface area contributed by atoms with Crippen molar-refractivity contribution in [1.29, 1.82) is 0 Å². The van der Waals surface area contributed by atoms with Crippen LogP contribution in [0.15, 0.2) is 53.7 Å². The number of aliphatic imine (C=N–C) groups is 1. The number of hydrogen-bond acceptors (Lipinski definition) is 5. The lowest BCUT2D eigenvalue weighted by Crippen LogP contribution is -2.46. The molecule has 0 spiro atoms. The van der Waals surface area contributed by atoms with Gasteiger partial charge < -0.3 is 25.4 Å². The number of hydrogen-bond donors (Lipinski definition) is 2. The smallest absolute Gasteiger partial charge is 0.217 e. The van der Waals surface area contributed by atoms with Crippen molar-refractivity contribution in [2.75, 3.05) is 33.4 Å². The summed E-state index contributed by atoms with van der Waals surface area (Å²) in [5.41, 5.74) is 6.39. The minimum absolute atomic E-state index is 0.241. The molecule has 1 aliphatic heterocycles. The number of likely N-dealkylation sites (tertiary alicyclic amines) is 1. The molecule has 1 amide bonds. The van der Waals surface area contributed by atoms with Crippen LogP contribution in [0.1, 0.15) is 24.8 Å². The topological polar surface area (TPSA) is 102 Å². The standard InChI is InChI=1S/C23H31N5O3/c1-25-23(28-11-5-6-18(17-28)14-21(24)29)27-16-19-9-10-22(26-15-19)31-13-12-30-20-7-3-2-4-8-20/h2-4,7-10,15,18H,5-6,11-14,16-17H2,1H3,(H2,24,29)(H,25,27). The Morgan fingerprint density at radius 3 is 2.74 bits per heavy atom. The lowest BCUT2D eigenvalue weighted by Gasteiger charge is -2.34. The van der Waals surface area contributed by atoms with E-state index in [9.17, 15) is 4.79 Å². The van der Waals surface area contributed by atoms with E-state index >= 15 is 0 Å². The molecule has 0 bridgehead atoms. The van der Waals surface area contributed by atoms with Crippen LogP contribution in [-0.4, -0.2) is 55.1 Å². The molecule has 3 N–H and O–H groups in total. The molecular formula is C23H31N5O3. The van der Waals surface area contributed by atoms with Crippen LogP contribution < -0.4 is 20.5 Å². The summed E-state index contributed by atoms with van der Waals surface area (Å²) in [5.74, 6) is 2.26. The van der Waals surface area contributed by atoms with Gasteiger partial charge in [0.1, 0.15) is 19.0 Å². The number of piperidine rings is 1. The van der Waals surface area contributed by atoms with Crippen molar-refractivity contribution < 1.29 is 14.3 Å². The third-order valence-corrected chi connectivity index (χ3v) is 5.11. The van der Waals surface area contributed by atoms with E-state index in [-0.39, 0.29) is 11.8 Å². The molecule has 1 aromatic heterocycles. The molecule has 8 nitrogen and oxygen atoms in total. The van der Waals surface area contributed by atoms with Gasteiger partial charge in [0.05, 0.1) is 0 Å². The first-order chi connectivity index (χ1) is 15.1. The molecule has 0 saturated carbocycles. The predicted octanol–water partition coefficient (Wildman–Crippen LogP) is 2.20. The van der Waals surface area contributed by atoms with Crippen molar-refractivity contribution in [3.63, 3.8) is 0 Å². The maximum Gasteiger partial charge on any atom is 0.217 e. The second kappa shape index (κ2) is 11.8. The highest BCUT2D eigenvalue weighted by Crippen LogP contribution is 2.19. The van der Waals surface area contributed by atoms with Gasteiger partial charge in [-0.15, -0.1) is 0 Å². The molecule has 166 valence electrons. The van der Waals surface area contributed by atoms with Gasteiger partial charge in [-0.25, -0.2) is 4.98 Å². The summed E-state index contributed by atoms with van der Waals surface area (Å²) in [6.07, 6.45) is 4.27. The molecule has 0 aliphatic carbocycles. The molecule has 31 heavy (non-hydrogen) atoms. The molecule has 3 rings (SSSR count). The van der Waals surface area contributed by atoms with E-state index in [4.69, 9.17) is 15.2 Å². The Kier molecular flexibility index (Phi) is 8.51. The Bertz CT molecular complexity index is 842. The molecule has 2 aromatic rings. The highest BCUT2D eigenvalue weighted by molar-refractivity contribution is 5.80. The minimum atomic E-state index is -0.241. The third kappa shape index (κ3) is 7.47. The van der Waals surface area contributed by atoms with Crippen LogP contribution in [0, 0.1) is 5.92 Å². The maximum absolute atomic E-state index is 11.2. The number of aromatic nitrogens is 1. The van der Waals surface area contributed by atoms with Crippen LogP contribution in [0.2, 0.25) is 0 Å². The van der Waals surface area contributed by atoms with Gasteiger partial charge in [-0.2, -0.15) is 0 Å². The van der Waals surface area contributed by atoms with Crippen molar-refractivity contribution in [2.45, 2.75) is 25.8 Å². The quantitative estimate of drug-likeness (QED) is 0.363. The number of guanidine groups is 1. The monoisotopic (exact) mass is 425 g/mol. The van der Waals surface area contributed by atoms with Crippen LogP contribution in [-0.2, 0) is 11.3 Å². The Hall–Kier alpha value is -3.29. The number of benzene rings is 1. The van der Waals surface area contributed by atoms with Crippen molar-refractivity contribution in [3.8, 4) is 11.6 Å². The van der Waals surface area contributed by atoms with Gasteiger partial charge in [-0.05, 0) is 36.5 Å². The van der Waals surface area contributed by atoms with Gasteiger partial charge in [-0.1, -0.05) is 24.3 Å². The Morgan fingerprint density at radius 2 is 2.03 bits per heavy atom. The average Bonchev–Trinajstić information content (AvgIpc) is 2.79.